The van der Waals surface area contributed by atoms with E-state index in [2.05, 4.69) is 10.6 Å². The van der Waals surface area contributed by atoms with Gasteiger partial charge in [-0.3, -0.25) is 9.59 Å². The molecule has 2 rings (SSSR count). The standard InChI is InChI=1S/C19H27N3O4/c1-18(2,3)16(24)22-11-13(21-17(25)26-19(4,5)6)15(23)20-12-9-7-8-10-14(12)22/h7-10,13H,11H2,1-6H3,(H,20,23)(H,21,25). The molecule has 1 aliphatic heterocycles. The number of amides is 3. The molecule has 26 heavy (non-hydrogen) atoms. The van der Waals surface area contributed by atoms with E-state index < -0.39 is 29.1 Å². The Hall–Kier alpha value is -2.57. The summed E-state index contributed by atoms with van der Waals surface area (Å²) in [5, 5.41) is 5.34. The minimum absolute atomic E-state index is 0.0260. The molecule has 1 aliphatic rings. The first-order valence-electron chi connectivity index (χ1n) is 8.60. The van der Waals surface area contributed by atoms with Crippen LogP contribution in [0.15, 0.2) is 24.3 Å². The molecule has 0 aromatic heterocycles. The molecule has 1 aromatic rings. The second kappa shape index (κ2) is 6.97. The number of nitrogens with one attached hydrogen (secondary N) is 2. The highest BCUT2D eigenvalue weighted by Gasteiger charge is 2.36. The van der Waals surface area contributed by atoms with Crippen molar-refractivity contribution in [1.29, 1.82) is 0 Å². The third-order valence-electron chi connectivity index (χ3n) is 3.71. The number of nitrogens with zero attached hydrogens (tertiary/aromatic N) is 1. The van der Waals surface area contributed by atoms with Crippen LogP contribution in [0.1, 0.15) is 41.5 Å². The topological polar surface area (TPSA) is 87.7 Å². The summed E-state index contributed by atoms with van der Waals surface area (Å²) in [6.45, 7) is 10.7. The number of fused-ring (bicyclic) bond motifs is 1. The maximum atomic E-state index is 12.9. The first-order chi connectivity index (χ1) is 11.9. The van der Waals surface area contributed by atoms with Crippen molar-refractivity contribution >= 4 is 29.3 Å². The summed E-state index contributed by atoms with van der Waals surface area (Å²) in [6.07, 6.45) is -0.702. The van der Waals surface area contributed by atoms with Gasteiger partial charge in [0.15, 0.2) is 0 Å². The van der Waals surface area contributed by atoms with Gasteiger partial charge in [-0.1, -0.05) is 32.9 Å². The Balaban J connectivity index is 2.33. The lowest BCUT2D eigenvalue weighted by molar-refractivity contribution is -0.126. The van der Waals surface area contributed by atoms with Gasteiger partial charge in [0.2, 0.25) is 11.8 Å². The van der Waals surface area contributed by atoms with Crippen LogP contribution in [0.5, 0.6) is 0 Å². The highest BCUT2D eigenvalue weighted by molar-refractivity contribution is 6.07. The molecule has 3 amide bonds. The Kier molecular flexibility index (Phi) is 5.30. The Bertz CT molecular complexity index is 716. The summed E-state index contributed by atoms with van der Waals surface area (Å²) < 4.78 is 5.24. The number of ether oxygens (including phenoxy) is 1. The molecule has 0 saturated carbocycles. The van der Waals surface area contributed by atoms with Gasteiger partial charge in [0.1, 0.15) is 11.6 Å². The first-order valence-corrected chi connectivity index (χ1v) is 8.60. The van der Waals surface area contributed by atoms with Crippen molar-refractivity contribution in [2.24, 2.45) is 5.41 Å². The molecule has 0 bridgehead atoms. The van der Waals surface area contributed by atoms with Crippen molar-refractivity contribution in [3.63, 3.8) is 0 Å². The van der Waals surface area contributed by atoms with E-state index >= 15 is 0 Å². The second-order valence-corrected chi connectivity index (χ2v) is 8.37. The predicted molar refractivity (Wildman–Crippen MR) is 100 cm³/mol. The van der Waals surface area contributed by atoms with E-state index in [9.17, 15) is 14.4 Å². The average molecular weight is 361 g/mol. The van der Waals surface area contributed by atoms with Crippen LogP contribution < -0.4 is 15.5 Å². The third kappa shape index (κ3) is 4.74. The summed E-state index contributed by atoms with van der Waals surface area (Å²) >= 11 is 0. The third-order valence-corrected chi connectivity index (χ3v) is 3.71. The molecule has 7 heteroatoms. The number of benzene rings is 1. The summed E-state index contributed by atoms with van der Waals surface area (Å²) in [5.74, 6) is -0.537. The van der Waals surface area contributed by atoms with Gasteiger partial charge >= 0.3 is 6.09 Å². The quantitative estimate of drug-likeness (QED) is 0.805. The van der Waals surface area contributed by atoms with E-state index in [0.29, 0.717) is 11.4 Å². The number of carbonyl (C=O) groups excluding carboxylic acids is 3. The van der Waals surface area contributed by atoms with Gasteiger partial charge in [-0.05, 0) is 32.9 Å². The number of alkyl carbamates (subject to hydrolysis) is 1. The maximum Gasteiger partial charge on any atom is 0.408 e. The lowest BCUT2D eigenvalue weighted by Gasteiger charge is -2.31. The number of hydrogen-bond acceptors (Lipinski definition) is 4. The molecular weight excluding hydrogens is 334 g/mol. The van der Waals surface area contributed by atoms with Gasteiger partial charge in [-0.2, -0.15) is 0 Å². The van der Waals surface area contributed by atoms with Crippen molar-refractivity contribution in [1.82, 2.24) is 5.32 Å². The van der Waals surface area contributed by atoms with Crippen LogP contribution in [0.2, 0.25) is 0 Å². The van der Waals surface area contributed by atoms with Gasteiger partial charge in [-0.25, -0.2) is 4.79 Å². The van der Waals surface area contributed by atoms with Crippen LogP contribution in [-0.4, -0.2) is 36.1 Å². The minimum Gasteiger partial charge on any atom is -0.444 e. The lowest BCUT2D eigenvalue weighted by atomic mass is 9.94. The molecule has 1 heterocycles. The number of rotatable bonds is 1. The number of anilines is 2. The molecule has 0 radical (unpaired) electrons. The second-order valence-electron chi connectivity index (χ2n) is 8.37. The van der Waals surface area contributed by atoms with E-state index in [1.807, 2.05) is 20.8 Å². The Morgan fingerprint density at radius 2 is 1.77 bits per heavy atom. The zero-order valence-corrected chi connectivity index (χ0v) is 16.2. The zero-order valence-electron chi connectivity index (χ0n) is 16.2. The molecule has 1 aromatic carbocycles. The summed E-state index contributed by atoms with van der Waals surface area (Å²) in [4.78, 5) is 39.2. The van der Waals surface area contributed by atoms with Gasteiger partial charge in [0.25, 0.3) is 0 Å². The highest BCUT2D eigenvalue weighted by Crippen LogP contribution is 2.32. The van der Waals surface area contributed by atoms with Crippen molar-refractivity contribution in [3.8, 4) is 0 Å². The lowest BCUT2D eigenvalue weighted by Crippen LogP contribution is -2.52. The van der Waals surface area contributed by atoms with Crippen molar-refractivity contribution in [2.75, 3.05) is 16.8 Å². The van der Waals surface area contributed by atoms with Crippen LogP contribution in [0, 0.1) is 5.41 Å². The molecule has 0 aliphatic carbocycles. The van der Waals surface area contributed by atoms with Crippen LogP contribution in [0.3, 0.4) is 0 Å². The SMILES string of the molecule is CC(C)(C)OC(=O)NC1CN(C(=O)C(C)(C)C)c2ccccc2NC1=O. The largest absolute Gasteiger partial charge is 0.444 e. The fourth-order valence-electron chi connectivity index (χ4n) is 2.56. The summed E-state index contributed by atoms with van der Waals surface area (Å²) in [7, 11) is 0. The molecule has 1 unspecified atom stereocenters. The van der Waals surface area contributed by atoms with Gasteiger partial charge in [0, 0.05) is 5.41 Å². The van der Waals surface area contributed by atoms with Gasteiger partial charge in [-0.15, -0.1) is 0 Å². The van der Waals surface area contributed by atoms with E-state index in [0.717, 1.165) is 0 Å². The van der Waals surface area contributed by atoms with Crippen LogP contribution in [-0.2, 0) is 14.3 Å². The number of carbonyl (C=O) groups is 3. The Morgan fingerprint density at radius 3 is 2.35 bits per heavy atom. The predicted octanol–water partition coefficient (Wildman–Crippen LogP) is 2.91. The molecule has 1 atom stereocenters. The summed E-state index contributed by atoms with van der Waals surface area (Å²) in [6, 6.07) is 6.15. The smallest absolute Gasteiger partial charge is 0.408 e. The van der Waals surface area contributed by atoms with Crippen molar-refractivity contribution in [2.45, 2.75) is 53.2 Å². The fraction of sp³-hybridized carbons (Fsp3) is 0.526. The monoisotopic (exact) mass is 361 g/mol. The Morgan fingerprint density at radius 1 is 1.15 bits per heavy atom. The molecule has 142 valence electrons. The molecule has 7 nitrogen and oxygen atoms in total. The average Bonchev–Trinajstić information content (AvgIpc) is 2.61. The molecule has 0 spiro atoms. The number of hydrogen-bond donors (Lipinski definition) is 2. The normalized spacial score (nSPS) is 17.7. The molecular formula is C19H27N3O4. The van der Waals surface area contributed by atoms with E-state index in [-0.39, 0.29) is 12.5 Å². The maximum absolute atomic E-state index is 12.9. The van der Waals surface area contributed by atoms with Crippen LogP contribution >= 0.6 is 0 Å². The van der Waals surface area contributed by atoms with Crippen molar-refractivity contribution in [3.05, 3.63) is 24.3 Å². The van der Waals surface area contributed by atoms with Crippen molar-refractivity contribution < 1.29 is 19.1 Å². The molecule has 2 N–H and O–H groups in total. The van der Waals surface area contributed by atoms with E-state index in [1.54, 1.807) is 45.0 Å². The molecule has 0 fully saturated rings. The number of para-hydroxylation sites is 2. The minimum atomic E-state index is -0.927. The summed E-state index contributed by atoms with van der Waals surface area (Å²) in [5.41, 5.74) is -0.190. The molecule has 0 saturated heterocycles. The van der Waals surface area contributed by atoms with Crippen LogP contribution in [0.25, 0.3) is 0 Å². The van der Waals surface area contributed by atoms with E-state index in [4.69, 9.17) is 4.74 Å². The van der Waals surface area contributed by atoms with Crippen LogP contribution in [0.4, 0.5) is 16.2 Å². The first kappa shape index (κ1) is 19.8. The zero-order chi connectivity index (χ0) is 19.7. The van der Waals surface area contributed by atoms with Gasteiger partial charge in [0.05, 0.1) is 17.9 Å². The van der Waals surface area contributed by atoms with E-state index in [1.165, 1.54) is 4.90 Å². The fourth-order valence-corrected chi connectivity index (χ4v) is 2.56. The Labute approximate surface area is 154 Å². The van der Waals surface area contributed by atoms with Gasteiger partial charge < -0.3 is 20.3 Å². The highest BCUT2D eigenvalue weighted by atomic mass is 16.6.